The van der Waals surface area contributed by atoms with Crippen LogP contribution in [0.4, 0.5) is 0 Å². The van der Waals surface area contributed by atoms with E-state index in [0.29, 0.717) is 5.41 Å². The third-order valence-electron chi connectivity index (χ3n) is 5.68. The molecule has 0 aromatic rings. The molecular formula is C18H37N3. The molecule has 3 heteroatoms. The number of likely N-dealkylation sites (tertiary alicyclic amines) is 1. The van der Waals surface area contributed by atoms with Crippen molar-refractivity contribution in [3.05, 3.63) is 0 Å². The van der Waals surface area contributed by atoms with E-state index in [2.05, 4.69) is 36.1 Å². The summed E-state index contributed by atoms with van der Waals surface area (Å²) < 4.78 is 0. The number of hydrogen-bond acceptors (Lipinski definition) is 3. The molecule has 0 aromatic heterocycles. The molecule has 1 aliphatic carbocycles. The first kappa shape index (κ1) is 17.2. The summed E-state index contributed by atoms with van der Waals surface area (Å²) in [5, 5.41) is 3.67. The Balaban J connectivity index is 1.96. The number of likely N-dealkylation sites (N-methyl/N-ethyl adjacent to an activating group) is 1. The van der Waals surface area contributed by atoms with Crippen LogP contribution in [0.3, 0.4) is 0 Å². The Morgan fingerprint density at radius 3 is 2.43 bits per heavy atom. The Labute approximate surface area is 132 Å². The van der Waals surface area contributed by atoms with Crippen molar-refractivity contribution in [2.75, 3.05) is 46.8 Å². The van der Waals surface area contributed by atoms with Crippen LogP contribution in [0, 0.1) is 5.41 Å². The molecule has 1 saturated heterocycles. The molecule has 124 valence electrons. The normalized spacial score (nSPS) is 27.7. The summed E-state index contributed by atoms with van der Waals surface area (Å²) in [6.07, 6.45) is 11.4. The summed E-state index contributed by atoms with van der Waals surface area (Å²) in [7, 11) is 4.49. The fourth-order valence-electron chi connectivity index (χ4n) is 4.33. The second-order valence-corrected chi connectivity index (χ2v) is 7.69. The number of piperidine rings is 1. The maximum atomic E-state index is 3.67. The van der Waals surface area contributed by atoms with Gasteiger partial charge in [-0.25, -0.2) is 0 Å². The molecule has 0 spiro atoms. The van der Waals surface area contributed by atoms with Gasteiger partial charge in [0.2, 0.25) is 0 Å². The summed E-state index contributed by atoms with van der Waals surface area (Å²) in [5.74, 6) is 0. The average molecular weight is 296 g/mol. The largest absolute Gasteiger partial charge is 0.316 e. The molecule has 3 nitrogen and oxygen atoms in total. The maximum Gasteiger partial charge on any atom is 0.0217 e. The Morgan fingerprint density at radius 1 is 1.10 bits per heavy atom. The molecule has 0 bridgehead atoms. The van der Waals surface area contributed by atoms with E-state index in [4.69, 9.17) is 0 Å². The molecule has 2 rings (SSSR count). The minimum atomic E-state index is 0.542. The van der Waals surface area contributed by atoms with Crippen LogP contribution in [0.15, 0.2) is 0 Å². The first-order valence-corrected chi connectivity index (χ1v) is 9.25. The zero-order valence-electron chi connectivity index (χ0n) is 14.7. The lowest BCUT2D eigenvalue weighted by molar-refractivity contribution is 0.0744. The lowest BCUT2D eigenvalue weighted by atomic mass is 9.79. The van der Waals surface area contributed by atoms with E-state index in [1.54, 1.807) is 0 Å². The van der Waals surface area contributed by atoms with Crippen molar-refractivity contribution >= 4 is 0 Å². The first-order chi connectivity index (χ1) is 10.2. The summed E-state index contributed by atoms with van der Waals surface area (Å²) in [6, 6.07) is 0.765. The molecule has 2 aliphatic rings. The van der Waals surface area contributed by atoms with Crippen LogP contribution in [0.2, 0.25) is 0 Å². The smallest absolute Gasteiger partial charge is 0.0217 e. The van der Waals surface area contributed by atoms with E-state index < -0.39 is 0 Å². The van der Waals surface area contributed by atoms with Crippen LogP contribution >= 0.6 is 0 Å². The van der Waals surface area contributed by atoms with E-state index in [1.165, 1.54) is 77.5 Å². The fourth-order valence-corrected chi connectivity index (χ4v) is 4.33. The Bertz CT molecular complexity index is 282. The molecule has 1 heterocycles. The first-order valence-electron chi connectivity index (χ1n) is 9.25. The second-order valence-electron chi connectivity index (χ2n) is 7.69. The molecule has 0 aromatic carbocycles. The molecule has 1 saturated carbocycles. The lowest BCUT2D eigenvalue weighted by Crippen LogP contribution is -2.51. The summed E-state index contributed by atoms with van der Waals surface area (Å²) >= 11 is 0. The van der Waals surface area contributed by atoms with Crippen molar-refractivity contribution in [2.24, 2.45) is 5.41 Å². The van der Waals surface area contributed by atoms with E-state index in [9.17, 15) is 0 Å². The van der Waals surface area contributed by atoms with Crippen molar-refractivity contribution in [3.63, 3.8) is 0 Å². The zero-order chi connectivity index (χ0) is 15.1. The van der Waals surface area contributed by atoms with Gasteiger partial charge in [0.05, 0.1) is 0 Å². The van der Waals surface area contributed by atoms with Gasteiger partial charge in [-0.1, -0.05) is 32.6 Å². The highest BCUT2D eigenvalue weighted by molar-refractivity contribution is 4.89. The van der Waals surface area contributed by atoms with Gasteiger partial charge in [-0.2, -0.15) is 0 Å². The van der Waals surface area contributed by atoms with E-state index in [-0.39, 0.29) is 0 Å². The Kier molecular flexibility index (Phi) is 6.97. The lowest BCUT2D eigenvalue weighted by Gasteiger charge is -2.43. The van der Waals surface area contributed by atoms with E-state index in [0.717, 1.165) is 12.6 Å². The molecule has 1 aliphatic heterocycles. The highest BCUT2D eigenvalue weighted by Crippen LogP contribution is 2.36. The molecule has 1 atom stereocenters. The SMILES string of the molecule is CCNCC1(CN2CCCC(N(C)C)C2)CCCCCC1. The van der Waals surface area contributed by atoms with Crippen LogP contribution in [-0.4, -0.2) is 62.7 Å². The highest BCUT2D eigenvalue weighted by Gasteiger charge is 2.34. The Hall–Kier alpha value is -0.120. The number of nitrogens with zero attached hydrogens (tertiary/aromatic N) is 2. The van der Waals surface area contributed by atoms with Crippen LogP contribution in [0.5, 0.6) is 0 Å². The van der Waals surface area contributed by atoms with Crippen molar-refractivity contribution in [1.82, 2.24) is 15.1 Å². The van der Waals surface area contributed by atoms with Crippen LogP contribution < -0.4 is 5.32 Å². The zero-order valence-corrected chi connectivity index (χ0v) is 14.7. The predicted octanol–water partition coefficient (Wildman–Crippen LogP) is 2.96. The van der Waals surface area contributed by atoms with E-state index >= 15 is 0 Å². The predicted molar refractivity (Wildman–Crippen MR) is 91.8 cm³/mol. The van der Waals surface area contributed by atoms with Gasteiger partial charge >= 0.3 is 0 Å². The second kappa shape index (κ2) is 8.50. The summed E-state index contributed by atoms with van der Waals surface area (Å²) in [5.41, 5.74) is 0.542. The monoisotopic (exact) mass is 295 g/mol. The quantitative estimate of drug-likeness (QED) is 0.760. The summed E-state index contributed by atoms with van der Waals surface area (Å²) in [6.45, 7) is 8.51. The van der Waals surface area contributed by atoms with Gasteiger partial charge in [0.15, 0.2) is 0 Å². The highest BCUT2D eigenvalue weighted by atomic mass is 15.2. The van der Waals surface area contributed by atoms with Crippen LogP contribution in [-0.2, 0) is 0 Å². The molecular weight excluding hydrogens is 258 g/mol. The average Bonchev–Trinajstić information content (AvgIpc) is 2.71. The van der Waals surface area contributed by atoms with Crippen LogP contribution in [0.1, 0.15) is 58.3 Å². The third kappa shape index (κ3) is 5.22. The Morgan fingerprint density at radius 2 is 1.81 bits per heavy atom. The molecule has 2 fully saturated rings. The van der Waals surface area contributed by atoms with Crippen molar-refractivity contribution < 1.29 is 0 Å². The van der Waals surface area contributed by atoms with Gasteiger partial charge in [-0.3, -0.25) is 0 Å². The number of nitrogens with one attached hydrogen (secondary N) is 1. The van der Waals surface area contributed by atoms with Crippen LogP contribution in [0.25, 0.3) is 0 Å². The van der Waals surface area contributed by atoms with Gasteiger partial charge in [0.25, 0.3) is 0 Å². The van der Waals surface area contributed by atoms with Crippen molar-refractivity contribution in [3.8, 4) is 0 Å². The molecule has 21 heavy (non-hydrogen) atoms. The summed E-state index contributed by atoms with van der Waals surface area (Å²) in [4.78, 5) is 5.20. The van der Waals surface area contributed by atoms with E-state index in [1.807, 2.05) is 0 Å². The van der Waals surface area contributed by atoms with Gasteiger partial charge in [-0.15, -0.1) is 0 Å². The van der Waals surface area contributed by atoms with Gasteiger partial charge in [0.1, 0.15) is 0 Å². The fraction of sp³-hybridized carbons (Fsp3) is 1.00. The third-order valence-corrected chi connectivity index (χ3v) is 5.68. The molecule has 0 amide bonds. The minimum absolute atomic E-state index is 0.542. The molecule has 1 N–H and O–H groups in total. The topological polar surface area (TPSA) is 18.5 Å². The van der Waals surface area contributed by atoms with Crippen molar-refractivity contribution in [1.29, 1.82) is 0 Å². The number of hydrogen-bond donors (Lipinski definition) is 1. The minimum Gasteiger partial charge on any atom is -0.316 e. The van der Waals surface area contributed by atoms with Gasteiger partial charge in [-0.05, 0) is 58.3 Å². The van der Waals surface area contributed by atoms with Gasteiger partial charge in [0, 0.05) is 25.7 Å². The van der Waals surface area contributed by atoms with Crippen molar-refractivity contribution in [2.45, 2.75) is 64.3 Å². The molecule has 0 radical (unpaired) electrons. The standard InChI is InChI=1S/C18H37N3/c1-4-19-15-18(11-7-5-6-8-12-18)16-21-13-9-10-17(14-21)20(2)3/h17,19H,4-16H2,1-3H3. The number of rotatable bonds is 6. The van der Waals surface area contributed by atoms with Gasteiger partial charge < -0.3 is 15.1 Å². The molecule has 1 unspecified atom stereocenters. The maximum absolute atomic E-state index is 3.67.